The maximum absolute atomic E-state index is 15.9. The van der Waals surface area contributed by atoms with Crippen LogP contribution in [0.25, 0.3) is 11.0 Å². The van der Waals surface area contributed by atoms with E-state index in [0.717, 1.165) is 24.7 Å². The molecule has 3 fully saturated rings. The van der Waals surface area contributed by atoms with E-state index in [9.17, 15) is 14.7 Å². The lowest BCUT2D eigenvalue weighted by Crippen LogP contribution is -2.54. The average Bonchev–Trinajstić information content (AvgIpc) is 3.48. The van der Waals surface area contributed by atoms with Gasteiger partial charge in [0.05, 0.1) is 24.7 Å². The first-order valence-electron chi connectivity index (χ1n) is 15.5. The van der Waals surface area contributed by atoms with E-state index in [0.29, 0.717) is 35.7 Å². The molecular formula is C32H44F2N4O5. The number of halogens is 2. The van der Waals surface area contributed by atoms with E-state index in [1.807, 2.05) is 6.92 Å². The van der Waals surface area contributed by atoms with Crippen LogP contribution in [0, 0.1) is 29.1 Å². The monoisotopic (exact) mass is 602 g/mol. The van der Waals surface area contributed by atoms with Gasteiger partial charge in [0.15, 0.2) is 5.69 Å². The number of aromatic nitrogens is 2. The molecule has 236 valence electrons. The molecule has 9 nitrogen and oxygen atoms in total. The Kier molecular flexibility index (Phi) is 8.73. The van der Waals surface area contributed by atoms with E-state index in [1.54, 1.807) is 39.0 Å². The second kappa shape index (κ2) is 12.0. The number of alkyl halides is 2. The van der Waals surface area contributed by atoms with Crippen molar-refractivity contribution in [1.82, 2.24) is 20.2 Å². The zero-order chi connectivity index (χ0) is 31.1. The number of fused-ring (bicyclic) bond motifs is 2. The van der Waals surface area contributed by atoms with E-state index in [2.05, 4.69) is 15.3 Å². The minimum atomic E-state index is -3.26. The summed E-state index contributed by atoms with van der Waals surface area (Å²) in [5.74, 6) is -1.19. The molecule has 2 saturated carbocycles. The van der Waals surface area contributed by atoms with Gasteiger partial charge in [-0.2, -0.15) is 8.78 Å². The van der Waals surface area contributed by atoms with Gasteiger partial charge in [-0.25, -0.2) is 14.8 Å². The summed E-state index contributed by atoms with van der Waals surface area (Å²) < 4.78 is 43.2. The van der Waals surface area contributed by atoms with Gasteiger partial charge < -0.3 is 24.8 Å². The van der Waals surface area contributed by atoms with Gasteiger partial charge in [0.25, 0.3) is 5.92 Å². The number of likely N-dealkylation sites (tertiary alicyclic amines) is 1. The predicted octanol–water partition coefficient (Wildman–Crippen LogP) is 6.24. The van der Waals surface area contributed by atoms with Crippen molar-refractivity contribution >= 4 is 23.0 Å². The fourth-order valence-corrected chi connectivity index (χ4v) is 6.89. The van der Waals surface area contributed by atoms with E-state index in [-0.39, 0.29) is 30.7 Å². The lowest BCUT2D eigenvalue weighted by molar-refractivity contribution is -0.135. The highest BCUT2D eigenvalue weighted by Gasteiger charge is 2.47. The molecule has 2 N–H and O–H groups in total. The Morgan fingerprint density at radius 1 is 1.14 bits per heavy atom. The zero-order valence-corrected chi connectivity index (χ0v) is 25.7. The van der Waals surface area contributed by atoms with Crippen molar-refractivity contribution in [3.8, 4) is 11.6 Å². The number of methoxy groups -OCH3 is 1. The van der Waals surface area contributed by atoms with Crippen LogP contribution in [0.1, 0.15) is 78.3 Å². The normalized spacial score (nSPS) is 25.8. The number of amides is 2. The first-order chi connectivity index (χ1) is 20.3. The first kappa shape index (κ1) is 31.2. The van der Waals surface area contributed by atoms with Crippen LogP contribution in [0.4, 0.5) is 13.6 Å². The molecule has 5 rings (SSSR count). The van der Waals surface area contributed by atoms with Crippen molar-refractivity contribution in [3.05, 3.63) is 23.9 Å². The second-order valence-electron chi connectivity index (χ2n) is 13.8. The van der Waals surface area contributed by atoms with Crippen molar-refractivity contribution in [2.24, 2.45) is 29.1 Å². The summed E-state index contributed by atoms with van der Waals surface area (Å²) >= 11 is 0. The standard InChI is InChI=1S/C32H44F2N4O5/c1-18-16-38(29(39)27(31(2,3)4)37-30(40)41)17-25(18)43-28-26(35-23-12-11-21(42-5)15-24(23)36-28)32(33,34)13-7-6-8-19-9-10-20-14-22(19)20/h11-12,15,18-20,22,25,27,37H,6-10,13-14,16-17H2,1-5H3,(H,40,41)/t18-,19-,20?,22?,25-,27+/m0/s1. The number of carbonyl (C=O) groups excluding carboxylic acids is 1. The molecule has 6 atom stereocenters. The zero-order valence-electron chi connectivity index (χ0n) is 25.7. The molecule has 0 radical (unpaired) electrons. The fraction of sp³-hybridized carbons (Fsp3) is 0.688. The van der Waals surface area contributed by atoms with Crippen LogP contribution in [0.15, 0.2) is 18.2 Å². The fourth-order valence-electron chi connectivity index (χ4n) is 6.89. The molecule has 2 amide bonds. The minimum Gasteiger partial charge on any atom is -0.497 e. The van der Waals surface area contributed by atoms with Gasteiger partial charge in [-0.15, -0.1) is 0 Å². The van der Waals surface area contributed by atoms with Crippen LogP contribution in [-0.4, -0.2) is 64.3 Å². The molecule has 2 heterocycles. The van der Waals surface area contributed by atoms with Crippen molar-refractivity contribution < 1.29 is 33.0 Å². The molecule has 43 heavy (non-hydrogen) atoms. The highest BCUT2D eigenvalue weighted by Crippen LogP contribution is 2.56. The van der Waals surface area contributed by atoms with Crippen LogP contribution in [0.3, 0.4) is 0 Å². The van der Waals surface area contributed by atoms with Gasteiger partial charge in [-0.05, 0) is 61.0 Å². The molecule has 0 bridgehead atoms. The van der Waals surface area contributed by atoms with Crippen molar-refractivity contribution in [2.75, 3.05) is 20.2 Å². The van der Waals surface area contributed by atoms with Gasteiger partial charge >= 0.3 is 6.09 Å². The Labute approximate surface area is 251 Å². The molecule has 1 saturated heterocycles. The number of rotatable bonds is 11. The Morgan fingerprint density at radius 3 is 2.53 bits per heavy atom. The number of carboxylic acid groups (broad SMARTS) is 1. The van der Waals surface area contributed by atoms with E-state index >= 15 is 8.78 Å². The number of nitrogens with zero attached hydrogens (tertiary/aromatic N) is 3. The first-order valence-corrected chi connectivity index (χ1v) is 15.5. The third-order valence-corrected chi connectivity index (χ3v) is 9.49. The third-order valence-electron chi connectivity index (χ3n) is 9.49. The smallest absolute Gasteiger partial charge is 0.405 e. The Hall–Kier alpha value is -3.24. The second-order valence-corrected chi connectivity index (χ2v) is 13.8. The summed E-state index contributed by atoms with van der Waals surface area (Å²) in [5.41, 5.74) is -0.484. The molecule has 0 spiro atoms. The molecule has 1 aromatic heterocycles. The molecule has 2 aromatic rings. The summed E-state index contributed by atoms with van der Waals surface area (Å²) in [6.45, 7) is 7.62. The third kappa shape index (κ3) is 6.96. The predicted molar refractivity (Wildman–Crippen MR) is 157 cm³/mol. The lowest BCUT2D eigenvalue weighted by Gasteiger charge is -2.32. The van der Waals surface area contributed by atoms with E-state index in [4.69, 9.17) is 9.47 Å². The average molecular weight is 603 g/mol. The van der Waals surface area contributed by atoms with Crippen molar-refractivity contribution in [3.63, 3.8) is 0 Å². The largest absolute Gasteiger partial charge is 0.497 e. The highest BCUT2D eigenvalue weighted by molar-refractivity contribution is 5.86. The van der Waals surface area contributed by atoms with Crippen LogP contribution in [0.5, 0.6) is 11.6 Å². The number of nitrogens with one attached hydrogen (secondary N) is 1. The summed E-state index contributed by atoms with van der Waals surface area (Å²) in [7, 11) is 1.51. The van der Waals surface area contributed by atoms with Crippen LogP contribution >= 0.6 is 0 Å². The van der Waals surface area contributed by atoms with Crippen LogP contribution in [-0.2, 0) is 10.7 Å². The number of hydrogen-bond acceptors (Lipinski definition) is 6. The maximum Gasteiger partial charge on any atom is 0.405 e. The van der Waals surface area contributed by atoms with E-state index < -0.39 is 35.3 Å². The SMILES string of the molecule is COc1ccc2nc(C(F)(F)CCCC[C@H]3CCC4CC43)c(O[C@H]3CN(C(=O)[C@@H](NC(=O)O)C(C)(C)C)C[C@@H]3C)nc2c1. The van der Waals surface area contributed by atoms with Gasteiger partial charge in [-0.3, -0.25) is 4.79 Å². The summed E-state index contributed by atoms with van der Waals surface area (Å²) in [5, 5.41) is 11.6. The van der Waals surface area contributed by atoms with Gasteiger partial charge in [0, 0.05) is 24.9 Å². The van der Waals surface area contributed by atoms with Crippen LogP contribution in [0.2, 0.25) is 0 Å². The Bertz CT molecular complexity index is 1350. The Morgan fingerprint density at radius 2 is 1.91 bits per heavy atom. The van der Waals surface area contributed by atoms with Crippen molar-refractivity contribution in [1.29, 1.82) is 0 Å². The number of unbranched alkanes of at least 4 members (excludes halogenated alkanes) is 1. The molecule has 11 heteroatoms. The quantitative estimate of drug-likeness (QED) is 0.293. The lowest BCUT2D eigenvalue weighted by atomic mass is 9.86. The number of carbonyl (C=O) groups is 2. The summed E-state index contributed by atoms with van der Waals surface area (Å²) in [4.78, 5) is 35.2. The molecular weight excluding hydrogens is 558 g/mol. The molecule has 2 unspecified atom stereocenters. The topological polar surface area (TPSA) is 114 Å². The maximum atomic E-state index is 15.9. The number of hydrogen-bond donors (Lipinski definition) is 2. The summed E-state index contributed by atoms with van der Waals surface area (Å²) in [6.07, 6.45) is 3.71. The van der Waals surface area contributed by atoms with E-state index in [1.165, 1.54) is 31.3 Å². The molecule has 2 aliphatic carbocycles. The Balaban J connectivity index is 1.34. The van der Waals surface area contributed by atoms with Gasteiger partial charge in [0.2, 0.25) is 11.8 Å². The van der Waals surface area contributed by atoms with Crippen molar-refractivity contribution in [2.45, 2.75) is 90.7 Å². The molecule has 1 aromatic carbocycles. The number of ether oxygens (including phenoxy) is 2. The van der Waals surface area contributed by atoms with Gasteiger partial charge in [0.1, 0.15) is 17.9 Å². The molecule has 1 aliphatic heterocycles. The van der Waals surface area contributed by atoms with Crippen LogP contribution < -0.4 is 14.8 Å². The molecule has 3 aliphatic rings. The van der Waals surface area contributed by atoms with Gasteiger partial charge in [-0.1, -0.05) is 40.5 Å². The minimum absolute atomic E-state index is 0.111. The number of benzene rings is 1. The highest BCUT2D eigenvalue weighted by atomic mass is 19.3. The summed E-state index contributed by atoms with van der Waals surface area (Å²) in [6, 6.07) is 3.92.